The van der Waals surface area contributed by atoms with Crippen LogP contribution in [-0.4, -0.2) is 21.7 Å². The van der Waals surface area contributed by atoms with E-state index < -0.39 is 10.9 Å². The number of rotatable bonds is 7. The van der Waals surface area contributed by atoms with Gasteiger partial charge in [-0.25, -0.2) is 4.79 Å². The second-order valence-electron chi connectivity index (χ2n) is 3.88. The molecule has 0 radical (unpaired) electrons. The number of nitrogens with one attached hydrogen (secondary N) is 1. The number of carboxylic acid groups (broad SMARTS) is 1. The fourth-order valence-corrected chi connectivity index (χ4v) is 1.34. The van der Waals surface area contributed by atoms with Crippen molar-refractivity contribution in [2.45, 2.75) is 26.2 Å². The van der Waals surface area contributed by atoms with Gasteiger partial charge in [-0.1, -0.05) is 13.3 Å². The molecule has 0 saturated heterocycles. The van der Waals surface area contributed by atoms with Crippen LogP contribution in [0.1, 0.15) is 26.2 Å². The molecule has 7 heteroatoms. The van der Waals surface area contributed by atoms with Gasteiger partial charge in [0.25, 0.3) is 5.69 Å². The van der Waals surface area contributed by atoms with Crippen LogP contribution in [-0.2, 0) is 4.79 Å². The lowest BCUT2D eigenvalue weighted by molar-refractivity contribution is -0.384. The van der Waals surface area contributed by atoms with Gasteiger partial charge in [-0.05, 0) is 25.0 Å². The van der Waals surface area contributed by atoms with Crippen molar-refractivity contribution in [3.8, 4) is 0 Å². The first kappa shape index (κ1) is 14.6. The molecule has 0 heterocycles. The summed E-state index contributed by atoms with van der Waals surface area (Å²) in [7, 11) is 0. The number of unbranched alkanes of at least 4 members (excludes halogenated alkanes) is 1. The molecule has 1 aromatic carbocycles. The van der Waals surface area contributed by atoms with Gasteiger partial charge in [-0.3, -0.25) is 15.5 Å². The van der Waals surface area contributed by atoms with E-state index in [-0.39, 0.29) is 11.4 Å². The number of benzene rings is 1. The Bertz CT molecular complexity index is 482. The average molecular weight is 265 g/mol. The van der Waals surface area contributed by atoms with Crippen LogP contribution >= 0.6 is 0 Å². The number of hydrogen-bond donors (Lipinski definition) is 2. The highest BCUT2D eigenvalue weighted by atomic mass is 16.6. The largest absolute Gasteiger partial charge is 0.477 e. The molecule has 7 nitrogen and oxygen atoms in total. The van der Waals surface area contributed by atoms with Gasteiger partial charge in [0, 0.05) is 12.1 Å². The van der Waals surface area contributed by atoms with Crippen LogP contribution in [0.2, 0.25) is 0 Å². The molecular formula is C12H15N3O4. The van der Waals surface area contributed by atoms with Crippen molar-refractivity contribution in [3.05, 3.63) is 34.4 Å². The molecule has 0 amide bonds. The standard InChI is InChI=1S/C12H15N3O4/c1-2-3-4-11(12(16)17)14-13-9-5-7-10(8-6-9)15(18)19/h5-8,13H,2-4H2,1H3,(H,16,17)/b14-11-. The van der Waals surface area contributed by atoms with E-state index in [0.29, 0.717) is 12.1 Å². The van der Waals surface area contributed by atoms with Gasteiger partial charge in [0.15, 0.2) is 0 Å². The number of aliphatic carboxylic acids is 1. The van der Waals surface area contributed by atoms with E-state index >= 15 is 0 Å². The molecule has 2 N–H and O–H groups in total. The van der Waals surface area contributed by atoms with Gasteiger partial charge in [0.2, 0.25) is 0 Å². The number of carbonyl (C=O) groups is 1. The van der Waals surface area contributed by atoms with E-state index in [0.717, 1.165) is 12.8 Å². The van der Waals surface area contributed by atoms with E-state index in [2.05, 4.69) is 10.5 Å². The molecule has 1 aromatic rings. The Morgan fingerprint density at radius 1 is 1.42 bits per heavy atom. The van der Waals surface area contributed by atoms with Crippen LogP contribution in [0.4, 0.5) is 11.4 Å². The fourth-order valence-electron chi connectivity index (χ4n) is 1.34. The van der Waals surface area contributed by atoms with Crippen LogP contribution in [0, 0.1) is 10.1 Å². The molecule has 1 rings (SSSR count). The summed E-state index contributed by atoms with van der Waals surface area (Å²) in [5.74, 6) is -1.07. The number of nitrogens with zero attached hydrogens (tertiary/aromatic N) is 2. The quantitative estimate of drug-likeness (QED) is 0.448. The first-order valence-electron chi connectivity index (χ1n) is 5.85. The number of hydrazone groups is 1. The molecule has 0 unspecified atom stereocenters. The molecule has 0 aliphatic heterocycles. The monoisotopic (exact) mass is 265 g/mol. The molecule has 0 atom stereocenters. The molecule has 102 valence electrons. The minimum absolute atomic E-state index is 0.0287. The summed E-state index contributed by atoms with van der Waals surface area (Å²) in [5, 5.41) is 23.2. The summed E-state index contributed by atoms with van der Waals surface area (Å²) in [6.45, 7) is 1.96. The maximum atomic E-state index is 10.9. The number of nitro benzene ring substituents is 1. The fraction of sp³-hybridized carbons (Fsp3) is 0.333. The van der Waals surface area contributed by atoms with E-state index in [9.17, 15) is 14.9 Å². The highest BCUT2D eigenvalue weighted by molar-refractivity contribution is 6.35. The Morgan fingerprint density at radius 3 is 2.53 bits per heavy atom. The average Bonchev–Trinajstić information content (AvgIpc) is 2.39. The van der Waals surface area contributed by atoms with E-state index in [1.54, 1.807) is 0 Å². The third-order valence-electron chi connectivity index (χ3n) is 2.41. The Kier molecular flexibility index (Phi) is 5.46. The summed E-state index contributed by atoms with van der Waals surface area (Å²) >= 11 is 0. The van der Waals surface area contributed by atoms with Crippen LogP contribution in [0.3, 0.4) is 0 Å². The van der Waals surface area contributed by atoms with Crippen molar-refractivity contribution in [2.24, 2.45) is 5.10 Å². The minimum Gasteiger partial charge on any atom is -0.477 e. The van der Waals surface area contributed by atoms with Crippen molar-refractivity contribution >= 4 is 23.1 Å². The van der Waals surface area contributed by atoms with Gasteiger partial charge in [-0.15, -0.1) is 0 Å². The summed E-state index contributed by atoms with van der Waals surface area (Å²) in [4.78, 5) is 20.9. The first-order chi connectivity index (χ1) is 9.04. The molecule has 0 spiro atoms. The lowest BCUT2D eigenvalue weighted by atomic mass is 10.2. The predicted molar refractivity (Wildman–Crippen MR) is 71.3 cm³/mol. The Hall–Kier alpha value is -2.44. The van der Waals surface area contributed by atoms with Crippen molar-refractivity contribution in [2.75, 3.05) is 5.43 Å². The molecule has 0 bridgehead atoms. The van der Waals surface area contributed by atoms with Crippen molar-refractivity contribution < 1.29 is 14.8 Å². The van der Waals surface area contributed by atoms with Crippen LogP contribution in [0.5, 0.6) is 0 Å². The maximum absolute atomic E-state index is 10.9. The molecule has 0 aromatic heterocycles. The lowest BCUT2D eigenvalue weighted by Gasteiger charge is -2.03. The zero-order valence-corrected chi connectivity index (χ0v) is 10.5. The Morgan fingerprint density at radius 2 is 2.05 bits per heavy atom. The van der Waals surface area contributed by atoms with Gasteiger partial charge in [-0.2, -0.15) is 5.10 Å². The van der Waals surface area contributed by atoms with Gasteiger partial charge in [0.1, 0.15) is 5.71 Å². The van der Waals surface area contributed by atoms with Crippen molar-refractivity contribution in [3.63, 3.8) is 0 Å². The molecule has 0 aliphatic carbocycles. The number of carboxylic acids is 1. The SMILES string of the molecule is CCCC/C(=N/Nc1ccc([N+](=O)[O-])cc1)C(=O)O. The second-order valence-corrected chi connectivity index (χ2v) is 3.88. The van der Waals surface area contributed by atoms with Crippen LogP contribution < -0.4 is 5.43 Å². The van der Waals surface area contributed by atoms with E-state index in [1.165, 1.54) is 24.3 Å². The van der Waals surface area contributed by atoms with Gasteiger partial charge >= 0.3 is 5.97 Å². The third kappa shape index (κ3) is 4.74. The van der Waals surface area contributed by atoms with E-state index in [4.69, 9.17) is 5.11 Å². The van der Waals surface area contributed by atoms with Gasteiger partial charge < -0.3 is 5.11 Å². The predicted octanol–water partition coefficient (Wildman–Crippen LogP) is 2.64. The number of nitro groups is 1. The third-order valence-corrected chi connectivity index (χ3v) is 2.41. The summed E-state index contributed by atoms with van der Waals surface area (Å²) in [5.41, 5.74) is 3.10. The van der Waals surface area contributed by atoms with Crippen molar-refractivity contribution in [1.82, 2.24) is 0 Å². The highest BCUT2D eigenvalue weighted by Gasteiger charge is 2.09. The Labute approximate surface area is 110 Å². The first-order valence-corrected chi connectivity index (χ1v) is 5.85. The molecular weight excluding hydrogens is 250 g/mol. The molecule has 0 fully saturated rings. The molecule has 0 aliphatic rings. The normalized spacial score (nSPS) is 11.1. The van der Waals surface area contributed by atoms with Crippen LogP contribution in [0.25, 0.3) is 0 Å². The maximum Gasteiger partial charge on any atom is 0.352 e. The second kappa shape index (κ2) is 7.10. The number of anilines is 1. The van der Waals surface area contributed by atoms with Crippen LogP contribution in [0.15, 0.2) is 29.4 Å². The summed E-state index contributed by atoms with van der Waals surface area (Å²) in [6, 6.07) is 5.59. The summed E-state index contributed by atoms with van der Waals surface area (Å²) < 4.78 is 0. The number of non-ortho nitro benzene ring substituents is 1. The lowest BCUT2D eigenvalue weighted by Crippen LogP contribution is -2.14. The van der Waals surface area contributed by atoms with Gasteiger partial charge in [0.05, 0.1) is 10.6 Å². The zero-order chi connectivity index (χ0) is 14.3. The molecule has 0 saturated carbocycles. The Balaban J connectivity index is 2.71. The topological polar surface area (TPSA) is 105 Å². The number of hydrogen-bond acceptors (Lipinski definition) is 5. The smallest absolute Gasteiger partial charge is 0.352 e. The summed E-state index contributed by atoms with van der Waals surface area (Å²) in [6.07, 6.45) is 2.00. The van der Waals surface area contributed by atoms with E-state index in [1.807, 2.05) is 6.92 Å². The highest BCUT2D eigenvalue weighted by Crippen LogP contribution is 2.15. The zero-order valence-electron chi connectivity index (χ0n) is 10.5. The molecule has 19 heavy (non-hydrogen) atoms. The van der Waals surface area contributed by atoms with Crippen molar-refractivity contribution in [1.29, 1.82) is 0 Å². The minimum atomic E-state index is -1.07.